The van der Waals surface area contributed by atoms with Gasteiger partial charge in [-0.05, 0) is 38.9 Å². The maximum absolute atomic E-state index is 9.26. The van der Waals surface area contributed by atoms with E-state index in [0.717, 1.165) is 25.0 Å². The molecule has 0 heterocycles. The van der Waals surface area contributed by atoms with Crippen LogP contribution in [0.25, 0.3) is 0 Å². The fourth-order valence-electron chi connectivity index (χ4n) is 1.06. The Kier molecular flexibility index (Phi) is 6.99. The summed E-state index contributed by atoms with van der Waals surface area (Å²) in [5.41, 5.74) is 5.02. The van der Waals surface area contributed by atoms with Gasteiger partial charge < -0.3 is 10.8 Å². The first-order valence-electron chi connectivity index (χ1n) is 5.39. The highest BCUT2D eigenvalue weighted by Gasteiger charge is 2.16. The lowest BCUT2D eigenvalue weighted by Crippen LogP contribution is -2.33. The highest BCUT2D eigenvalue weighted by Crippen LogP contribution is 2.17. The molecule has 0 aliphatic heterocycles. The molecule has 0 aromatic heterocycles. The molecule has 3 nitrogen and oxygen atoms in total. The molecule has 0 rings (SSSR count). The number of nitrogens with two attached hydrogens (primary N) is 1. The molecule has 0 aromatic carbocycles. The van der Waals surface area contributed by atoms with Gasteiger partial charge in [0.2, 0.25) is 0 Å². The van der Waals surface area contributed by atoms with Crippen molar-refractivity contribution < 1.29 is 5.11 Å². The minimum absolute atomic E-state index is 0.256. The zero-order valence-corrected chi connectivity index (χ0v) is 10.7. The summed E-state index contributed by atoms with van der Waals surface area (Å²) in [6.07, 6.45) is 2.51. The first-order chi connectivity index (χ1) is 6.89. The van der Waals surface area contributed by atoms with Gasteiger partial charge in [0, 0.05) is 5.25 Å². The van der Waals surface area contributed by atoms with Crippen molar-refractivity contribution in [2.75, 3.05) is 5.75 Å². The van der Waals surface area contributed by atoms with Crippen LogP contribution in [0.4, 0.5) is 0 Å². The molecule has 0 amide bonds. The SMILES string of the molecule is CC(O)C(C)SCCCCC(C)(N)C#N. The minimum atomic E-state index is -0.680. The lowest BCUT2D eigenvalue weighted by atomic mass is 9.99. The van der Waals surface area contributed by atoms with E-state index < -0.39 is 5.54 Å². The van der Waals surface area contributed by atoms with E-state index in [9.17, 15) is 5.11 Å². The molecule has 4 heteroatoms. The molecule has 0 saturated carbocycles. The largest absolute Gasteiger partial charge is 0.392 e. The van der Waals surface area contributed by atoms with E-state index in [0.29, 0.717) is 0 Å². The van der Waals surface area contributed by atoms with Crippen molar-refractivity contribution in [3.8, 4) is 6.07 Å². The van der Waals surface area contributed by atoms with Gasteiger partial charge in [0.1, 0.15) is 5.54 Å². The Balaban J connectivity index is 3.45. The summed E-state index contributed by atoms with van der Waals surface area (Å²) >= 11 is 1.77. The van der Waals surface area contributed by atoms with Crippen LogP contribution in [0.1, 0.15) is 40.0 Å². The van der Waals surface area contributed by atoms with E-state index in [1.165, 1.54) is 0 Å². The van der Waals surface area contributed by atoms with Gasteiger partial charge in [-0.2, -0.15) is 17.0 Å². The van der Waals surface area contributed by atoms with E-state index >= 15 is 0 Å². The molecule has 0 radical (unpaired) electrons. The molecule has 0 bridgehead atoms. The van der Waals surface area contributed by atoms with Gasteiger partial charge in [0.05, 0.1) is 12.2 Å². The Bertz CT molecular complexity index is 211. The van der Waals surface area contributed by atoms with Crippen molar-refractivity contribution in [2.24, 2.45) is 5.73 Å². The molecule has 0 saturated heterocycles. The maximum Gasteiger partial charge on any atom is 0.101 e. The van der Waals surface area contributed by atoms with Crippen molar-refractivity contribution >= 4 is 11.8 Å². The van der Waals surface area contributed by atoms with Crippen LogP contribution in [0.2, 0.25) is 0 Å². The van der Waals surface area contributed by atoms with Crippen molar-refractivity contribution in [1.82, 2.24) is 0 Å². The summed E-state index contributed by atoms with van der Waals surface area (Å²) in [6, 6.07) is 2.09. The number of nitrogens with zero attached hydrogens (tertiary/aromatic N) is 1. The van der Waals surface area contributed by atoms with Gasteiger partial charge in [-0.25, -0.2) is 0 Å². The highest BCUT2D eigenvalue weighted by atomic mass is 32.2. The van der Waals surface area contributed by atoms with Gasteiger partial charge in [0.15, 0.2) is 0 Å². The number of hydrogen-bond acceptors (Lipinski definition) is 4. The molecule has 88 valence electrons. The Labute approximate surface area is 97.0 Å². The number of hydrogen-bond donors (Lipinski definition) is 2. The van der Waals surface area contributed by atoms with E-state index in [1.807, 2.05) is 13.8 Å². The summed E-state index contributed by atoms with van der Waals surface area (Å²) in [7, 11) is 0. The first-order valence-corrected chi connectivity index (χ1v) is 6.44. The van der Waals surface area contributed by atoms with Crippen LogP contribution in [0.3, 0.4) is 0 Å². The van der Waals surface area contributed by atoms with Crippen LogP contribution in [0.15, 0.2) is 0 Å². The second-order valence-corrected chi connectivity index (χ2v) is 5.79. The second kappa shape index (κ2) is 7.10. The molecular formula is C11H22N2OS. The zero-order valence-electron chi connectivity index (χ0n) is 9.86. The third kappa shape index (κ3) is 7.66. The van der Waals surface area contributed by atoms with Gasteiger partial charge in [0.25, 0.3) is 0 Å². The quantitative estimate of drug-likeness (QED) is 0.655. The summed E-state index contributed by atoms with van der Waals surface area (Å²) in [5, 5.41) is 18.2. The van der Waals surface area contributed by atoms with E-state index in [-0.39, 0.29) is 11.4 Å². The van der Waals surface area contributed by atoms with Gasteiger partial charge in [-0.3, -0.25) is 0 Å². The second-order valence-electron chi connectivity index (χ2n) is 4.30. The Morgan fingerprint density at radius 3 is 2.53 bits per heavy atom. The van der Waals surface area contributed by atoms with Crippen LogP contribution in [0.5, 0.6) is 0 Å². The number of aliphatic hydroxyl groups excluding tert-OH is 1. The molecule has 3 N–H and O–H groups in total. The van der Waals surface area contributed by atoms with E-state index in [4.69, 9.17) is 11.0 Å². The van der Waals surface area contributed by atoms with E-state index in [1.54, 1.807) is 18.7 Å². The molecule has 0 aliphatic rings. The monoisotopic (exact) mass is 230 g/mol. The smallest absolute Gasteiger partial charge is 0.101 e. The number of rotatable bonds is 7. The normalized spacial score (nSPS) is 18.9. The van der Waals surface area contributed by atoms with Crippen LogP contribution in [-0.4, -0.2) is 27.8 Å². The Morgan fingerprint density at radius 1 is 1.47 bits per heavy atom. The summed E-state index contributed by atoms with van der Waals surface area (Å²) in [5.74, 6) is 1.02. The van der Waals surface area contributed by atoms with Crippen LogP contribution in [-0.2, 0) is 0 Å². The Morgan fingerprint density at radius 2 is 2.07 bits per heavy atom. The third-order valence-corrected chi connectivity index (χ3v) is 3.85. The van der Waals surface area contributed by atoms with Crippen LogP contribution < -0.4 is 5.73 Å². The van der Waals surface area contributed by atoms with Crippen molar-refractivity contribution in [1.29, 1.82) is 5.26 Å². The first kappa shape index (κ1) is 14.8. The average Bonchev–Trinajstić information content (AvgIpc) is 2.16. The third-order valence-electron chi connectivity index (χ3n) is 2.41. The molecule has 0 aliphatic carbocycles. The summed E-state index contributed by atoms with van der Waals surface area (Å²) in [6.45, 7) is 5.60. The zero-order chi connectivity index (χ0) is 11.9. The minimum Gasteiger partial charge on any atom is -0.392 e. The number of aliphatic hydroxyl groups is 1. The number of unbranched alkanes of at least 4 members (excludes halogenated alkanes) is 1. The number of thioether (sulfide) groups is 1. The van der Waals surface area contributed by atoms with Crippen LogP contribution in [0, 0.1) is 11.3 Å². The Hall–Kier alpha value is -0.240. The van der Waals surface area contributed by atoms with Crippen molar-refractivity contribution in [2.45, 2.75) is 56.9 Å². The molecular weight excluding hydrogens is 208 g/mol. The molecule has 15 heavy (non-hydrogen) atoms. The lowest BCUT2D eigenvalue weighted by molar-refractivity contribution is 0.196. The molecule has 0 spiro atoms. The van der Waals surface area contributed by atoms with Gasteiger partial charge in [-0.15, -0.1) is 0 Å². The van der Waals surface area contributed by atoms with Crippen LogP contribution >= 0.6 is 11.8 Å². The highest BCUT2D eigenvalue weighted by molar-refractivity contribution is 7.99. The van der Waals surface area contributed by atoms with Crippen molar-refractivity contribution in [3.05, 3.63) is 0 Å². The molecule has 3 atom stereocenters. The standard InChI is InChI=1S/C11H22N2OS/c1-9(14)10(2)15-7-5-4-6-11(3,13)8-12/h9-10,14H,4-7,13H2,1-3H3. The predicted molar refractivity (Wildman–Crippen MR) is 65.7 cm³/mol. The number of nitriles is 1. The fraction of sp³-hybridized carbons (Fsp3) is 0.909. The summed E-state index contributed by atoms with van der Waals surface area (Å²) in [4.78, 5) is 0. The van der Waals surface area contributed by atoms with E-state index in [2.05, 4.69) is 6.07 Å². The molecule has 0 fully saturated rings. The van der Waals surface area contributed by atoms with Gasteiger partial charge in [-0.1, -0.05) is 6.92 Å². The maximum atomic E-state index is 9.26. The summed E-state index contributed by atoms with van der Waals surface area (Å²) < 4.78 is 0. The molecule has 0 aromatic rings. The average molecular weight is 230 g/mol. The lowest BCUT2D eigenvalue weighted by Gasteiger charge is -2.16. The van der Waals surface area contributed by atoms with Gasteiger partial charge >= 0.3 is 0 Å². The topological polar surface area (TPSA) is 70.0 Å². The van der Waals surface area contributed by atoms with Crippen molar-refractivity contribution in [3.63, 3.8) is 0 Å². The fourth-order valence-corrected chi connectivity index (χ4v) is 2.08. The molecule has 3 unspecified atom stereocenters. The predicted octanol–water partition coefficient (Wildman–Crippen LogP) is 1.90.